The Morgan fingerprint density at radius 1 is 1.31 bits per heavy atom. The van der Waals surface area contributed by atoms with E-state index in [1.54, 1.807) is 24.3 Å². The van der Waals surface area contributed by atoms with Crippen LogP contribution in [0, 0.1) is 0 Å². The Hall–Kier alpha value is -0.750. The highest BCUT2D eigenvalue weighted by Gasteiger charge is 1.92. The van der Waals surface area contributed by atoms with E-state index in [0.717, 1.165) is 11.1 Å². The van der Waals surface area contributed by atoms with Gasteiger partial charge >= 0.3 is 0 Å². The maximum atomic E-state index is 10.1. The molecular formula is C8H10NO3S-. The smallest absolute Gasteiger partial charge is 0.0681 e. The molecule has 0 spiro atoms. The third kappa shape index (κ3) is 3.65. The Morgan fingerprint density at radius 3 is 2.31 bits per heavy atom. The summed E-state index contributed by atoms with van der Waals surface area (Å²) in [5, 5.41) is 8.73. The van der Waals surface area contributed by atoms with Crippen molar-refractivity contribution in [1.29, 1.82) is 0 Å². The number of aliphatic hydroxyl groups is 1. The van der Waals surface area contributed by atoms with E-state index in [-0.39, 0.29) is 13.2 Å². The van der Waals surface area contributed by atoms with Crippen LogP contribution in [0.15, 0.2) is 24.3 Å². The van der Waals surface area contributed by atoms with Crippen molar-refractivity contribution < 1.29 is 13.9 Å². The van der Waals surface area contributed by atoms with E-state index in [1.807, 2.05) is 0 Å². The predicted molar refractivity (Wildman–Crippen MR) is 48.1 cm³/mol. The van der Waals surface area contributed by atoms with E-state index in [9.17, 15) is 8.76 Å². The Kier molecular flexibility index (Phi) is 4.04. The van der Waals surface area contributed by atoms with Gasteiger partial charge in [0, 0.05) is 17.8 Å². The van der Waals surface area contributed by atoms with Gasteiger partial charge in [-0.25, -0.2) is 4.72 Å². The first-order valence-electron chi connectivity index (χ1n) is 3.74. The van der Waals surface area contributed by atoms with Crippen LogP contribution in [0.2, 0.25) is 0 Å². The van der Waals surface area contributed by atoms with E-state index >= 15 is 0 Å². The summed E-state index contributed by atoms with van der Waals surface area (Å²) in [6.45, 7) is 0.281. The lowest BCUT2D eigenvalue weighted by atomic mass is 10.1. The maximum Gasteiger partial charge on any atom is 0.0681 e. The minimum Gasteiger partial charge on any atom is -0.760 e. The maximum absolute atomic E-state index is 10.1. The summed E-state index contributed by atoms with van der Waals surface area (Å²) in [7, 11) is 0. The molecule has 0 aliphatic heterocycles. The lowest BCUT2D eigenvalue weighted by Gasteiger charge is -2.07. The summed E-state index contributed by atoms with van der Waals surface area (Å²) in [6, 6.07) is 7.05. The summed E-state index contributed by atoms with van der Waals surface area (Å²) in [6.07, 6.45) is 0. The zero-order chi connectivity index (χ0) is 9.68. The number of hydrogen-bond acceptors (Lipinski definition) is 3. The van der Waals surface area contributed by atoms with E-state index in [0.29, 0.717) is 0 Å². The van der Waals surface area contributed by atoms with E-state index < -0.39 is 11.3 Å². The molecule has 0 amide bonds. The van der Waals surface area contributed by atoms with Crippen molar-refractivity contribution in [3.05, 3.63) is 35.4 Å². The van der Waals surface area contributed by atoms with Crippen molar-refractivity contribution >= 4 is 11.3 Å². The molecule has 1 atom stereocenters. The van der Waals surface area contributed by atoms with Crippen molar-refractivity contribution in [1.82, 2.24) is 4.72 Å². The molecule has 0 aromatic heterocycles. The average Bonchev–Trinajstić information content (AvgIpc) is 2.15. The Morgan fingerprint density at radius 2 is 1.85 bits per heavy atom. The molecule has 0 aliphatic rings. The molecule has 5 heteroatoms. The van der Waals surface area contributed by atoms with Crippen molar-refractivity contribution in [3.63, 3.8) is 0 Å². The van der Waals surface area contributed by atoms with Crippen LogP contribution in [0.4, 0.5) is 0 Å². The fourth-order valence-corrected chi connectivity index (χ4v) is 1.19. The molecule has 0 saturated carbocycles. The molecule has 0 aliphatic carbocycles. The van der Waals surface area contributed by atoms with E-state index in [4.69, 9.17) is 5.11 Å². The first-order chi connectivity index (χ1) is 6.22. The molecule has 2 N–H and O–H groups in total. The number of nitrogens with one attached hydrogen (secondary N) is 1. The van der Waals surface area contributed by atoms with Gasteiger partial charge in [0.2, 0.25) is 0 Å². The van der Waals surface area contributed by atoms with Gasteiger partial charge in [-0.15, -0.1) is 0 Å². The molecule has 0 bridgehead atoms. The van der Waals surface area contributed by atoms with Crippen LogP contribution in [-0.4, -0.2) is 13.9 Å². The van der Waals surface area contributed by atoms with Gasteiger partial charge in [-0.05, 0) is 11.1 Å². The highest BCUT2D eigenvalue weighted by Crippen LogP contribution is 2.03. The van der Waals surface area contributed by atoms with Gasteiger partial charge in [-0.1, -0.05) is 24.3 Å². The number of aliphatic hydroxyl groups excluding tert-OH is 1. The van der Waals surface area contributed by atoms with Gasteiger partial charge in [0.1, 0.15) is 0 Å². The molecule has 72 valence electrons. The summed E-state index contributed by atoms with van der Waals surface area (Å²) in [5.74, 6) is 0. The molecule has 0 radical (unpaired) electrons. The zero-order valence-corrected chi connectivity index (χ0v) is 7.71. The Bertz CT molecular complexity index is 286. The first-order valence-corrected chi connectivity index (χ1v) is 4.81. The van der Waals surface area contributed by atoms with Gasteiger partial charge in [-0.2, -0.15) is 0 Å². The fourth-order valence-electron chi connectivity index (χ4n) is 0.905. The average molecular weight is 200 g/mol. The molecular weight excluding hydrogens is 190 g/mol. The first kappa shape index (κ1) is 10.3. The third-order valence-electron chi connectivity index (χ3n) is 1.60. The summed E-state index contributed by atoms with van der Waals surface area (Å²) < 4.78 is 22.5. The van der Waals surface area contributed by atoms with Gasteiger partial charge in [0.05, 0.1) is 6.61 Å². The SMILES string of the molecule is O=S([O-])NCc1ccc(CO)cc1. The van der Waals surface area contributed by atoms with Crippen LogP contribution < -0.4 is 4.72 Å². The largest absolute Gasteiger partial charge is 0.760 e. The topological polar surface area (TPSA) is 72.4 Å². The van der Waals surface area contributed by atoms with Gasteiger partial charge in [-0.3, -0.25) is 4.21 Å². The third-order valence-corrected chi connectivity index (χ3v) is 1.98. The highest BCUT2D eigenvalue weighted by molar-refractivity contribution is 7.77. The van der Waals surface area contributed by atoms with Crippen molar-refractivity contribution in [3.8, 4) is 0 Å². The monoisotopic (exact) mass is 200 g/mol. The minimum atomic E-state index is -2.22. The molecule has 1 rings (SSSR count). The summed E-state index contributed by atoms with van der Waals surface area (Å²) in [4.78, 5) is 0. The van der Waals surface area contributed by atoms with Crippen LogP contribution in [0.5, 0.6) is 0 Å². The second-order valence-corrected chi connectivity index (χ2v) is 3.29. The quantitative estimate of drug-likeness (QED) is 0.675. The van der Waals surface area contributed by atoms with Crippen LogP contribution in [0.3, 0.4) is 0 Å². The van der Waals surface area contributed by atoms with Gasteiger partial charge in [0.25, 0.3) is 0 Å². The standard InChI is InChI=1S/C8H11NO3S/c10-6-8-3-1-7(2-4-8)5-9-13(11)12/h1-4,9-10H,5-6H2,(H,11,12)/p-1. The van der Waals surface area contributed by atoms with Crippen LogP contribution in [-0.2, 0) is 24.4 Å². The molecule has 0 heterocycles. The normalized spacial score (nSPS) is 12.8. The summed E-state index contributed by atoms with van der Waals surface area (Å²) >= 11 is -2.22. The van der Waals surface area contributed by atoms with Gasteiger partial charge < -0.3 is 9.66 Å². The molecule has 4 nitrogen and oxygen atoms in total. The van der Waals surface area contributed by atoms with Crippen molar-refractivity contribution in [2.24, 2.45) is 0 Å². The minimum absolute atomic E-state index is 0.00119. The molecule has 13 heavy (non-hydrogen) atoms. The van der Waals surface area contributed by atoms with Gasteiger partial charge in [0.15, 0.2) is 0 Å². The second kappa shape index (κ2) is 5.08. The molecule has 1 aromatic rings. The van der Waals surface area contributed by atoms with E-state index in [1.165, 1.54) is 0 Å². The lowest BCUT2D eigenvalue weighted by molar-refractivity contribution is 0.282. The van der Waals surface area contributed by atoms with Crippen molar-refractivity contribution in [2.45, 2.75) is 13.2 Å². The summed E-state index contributed by atoms with van der Waals surface area (Å²) in [5.41, 5.74) is 1.67. The Labute approximate surface area is 79.0 Å². The van der Waals surface area contributed by atoms with Crippen LogP contribution >= 0.6 is 0 Å². The molecule has 1 unspecified atom stereocenters. The van der Waals surface area contributed by atoms with Crippen molar-refractivity contribution in [2.75, 3.05) is 0 Å². The molecule has 1 aromatic carbocycles. The fraction of sp³-hybridized carbons (Fsp3) is 0.250. The van der Waals surface area contributed by atoms with Crippen LogP contribution in [0.1, 0.15) is 11.1 Å². The number of benzene rings is 1. The highest BCUT2D eigenvalue weighted by atomic mass is 32.2. The molecule has 0 fully saturated rings. The predicted octanol–water partition coefficient (Wildman–Crippen LogP) is 0.0626. The Balaban J connectivity index is 2.54. The van der Waals surface area contributed by atoms with Crippen LogP contribution in [0.25, 0.3) is 0 Å². The lowest BCUT2D eigenvalue weighted by Crippen LogP contribution is -2.15. The number of hydrogen-bond donors (Lipinski definition) is 2. The molecule has 0 saturated heterocycles. The van der Waals surface area contributed by atoms with E-state index in [2.05, 4.69) is 4.72 Å². The zero-order valence-electron chi connectivity index (χ0n) is 6.90. The number of rotatable bonds is 4. The second-order valence-electron chi connectivity index (χ2n) is 2.53.